The van der Waals surface area contributed by atoms with Crippen LogP contribution in [-0.4, -0.2) is 5.97 Å². The highest BCUT2D eigenvalue weighted by Crippen LogP contribution is 2.17. The summed E-state index contributed by atoms with van der Waals surface area (Å²) in [5.74, 6) is -0.943. The topological polar surface area (TPSA) is 40.1 Å². The number of allylic oxidation sites excluding steroid dienone is 1. The molecule has 0 aromatic heterocycles. The smallest absolute Gasteiger partial charge is 0.0671 e. The van der Waals surface area contributed by atoms with E-state index >= 15 is 0 Å². The number of carbonyl (C=O) groups is 1. The molecular weight excluding hydrogens is 476 g/mol. The zero-order valence-corrected chi connectivity index (χ0v) is 27.0. The summed E-state index contributed by atoms with van der Waals surface area (Å²) < 4.78 is 0. The normalized spacial score (nSPS) is 11.9. The van der Waals surface area contributed by atoms with Gasteiger partial charge < -0.3 is 9.90 Å². The zero-order valence-electron chi connectivity index (χ0n) is 27.0. The number of rotatable bonds is 33. The molecule has 0 amide bonds. The van der Waals surface area contributed by atoms with Crippen LogP contribution in [0, 0.1) is 0 Å². The van der Waals surface area contributed by atoms with Gasteiger partial charge in [-0.1, -0.05) is 200 Å². The third-order valence-electron chi connectivity index (χ3n) is 8.51. The Labute approximate surface area is 246 Å². The Bertz CT molecular complexity index is 510. The third kappa shape index (κ3) is 31.6. The molecule has 0 aromatic carbocycles. The second-order valence-corrected chi connectivity index (χ2v) is 12.5. The van der Waals surface area contributed by atoms with E-state index < -0.39 is 5.97 Å². The summed E-state index contributed by atoms with van der Waals surface area (Å²) in [7, 11) is 0. The number of carbonyl (C=O) groups excluding carboxylic acids is 1. The number of carboxylic acids is 1. The second kappa shape index (κ2) is 33.4. The molecule has 0 rings (SSSR count). The average molecular weight is 548 g/mol. The Morgan fingerprint density at radius 1 is 0.410 bits per heavy atom. The van der Waals surface area contributed by atoms with Crippen LogP contribution in [0.3, 0.4) is 0 Å². The van der Waals surface area contributed by atoms with Gasteiger partial charge in [0.1, 0.15) is 0 Å². The van der Waals surface area contributed by atoms with Gasteiger partial charge in [0.25, 0.3) is 0 Å². The van der Waals surface area contributed by atoms with Crippen molar-refractivity contribution in [1.29, 1.82) is 0 Å². The third-order valence-corrected chi connectivity index (χ3v) is 8.51. The van der Waals surface area contributed by atoms with E-state index in [0.29, 0.717) is 12.0 Å². The van der Waals surface area contributed by atoms with Gasteiger partial charge in [0.05, 0.1) is 5.97 Å². The van der Waals surface area contributed by atoms with Crippen LogP contribution in [0.5, 0.6) is 0 Å². The highest BCUT2D eigenvalue weighted by molar-refractivity contribution is 5.84. The number of aliphatic carboxylic acids is 1. The maximum Gasteiger partial charge on any atom is 0.0671 e. The SMILES string of the molecule is CCCCCCCCCCCCCCCCCC/C=C(/CCCCCCCCCCCCCCCC)C(=O)[O-]. The van der Waals surface area contributed by atoms with Gasteiger partial charge in [0, 0.05) is 0 Å². The van der Waals surface area contributed by atoms with Crippen LogP contribution < -0.4 is 5.11 Å². The Morgan fingerprint density at radius 2 is 0.667 bits per heavy atom. The van der Waals surface area contributed by atoms with Crippen LogP contribution in [0.2, 0.25) is 0 Å². The molecule has 232 valence electrons. The molecule has 2 nitrogen and oxygen atoms in total. The molecule has 0 saturated heterocycles. The molecule has 0 aliphatic rings. The quantitative estimate of drug-likeness (QED) is 0.0605. The van der Waals surface area contributed by atoms with Crippen molar-refractivity contribution in [2.45, 2.75) is 219 Å². The largest absolute Gasteiger partial charge is 0.545 e. The summed E-state index contributed by atoms with van der Waals surface area (Å²) in [6, 6.07) is 0. The molecule has 0 heterocycles. The highest BCUT2D eigenvalue weighted by atomic mass is 16.4. The van der Waals surface area contributed by atoms with Gasteiger partial charge in [-0.2, -0.15) is 0 Å². The molecule has 0 aliphatic carbocycles. The van der Waals surface area contributed by atoms with Gasteiger partial charge >= 0.3 is 0 Å². The molecule has 0 unspecified atom stereocenters. The fourth-order valence-electron chi connectivity index (χ4n) is 5.77. The minimum atomic E-state index is -0.943. The highest BCUT2D eigenvalue weighted by Gasteiger charge is 2.00. The van der Waals surface area contributed by atoms with E-state index in [0.717, 1.165) is 25.7 Å². The van der Waals surface area contributed by atoms with Crippen molar-refractivity contribution in [1.82, 2.24) is 0 Å². The van der Waals surface area contributed by atoms with Crippen LogP contribution in [0.1, 0.15) is 219 Å². The molecule has 39 heavy (non-hydrogen) atoms. The predicted octanol–water partition coefficient (Wildman–Crippen LogP) is 12.2. The van der Waals surface area contributed by atoms with Gasteiger partial charge in [-0.05, 0) is 31.3 Å². The van der Waals surface area contributed by atoms with E-state index in [-0.39, 0.29) is 0 Å². The molecule has 0 fully saturated rings. The van der Waals surface area contributed by atoms with Gasteiger partial charge in [-0.25, -0.2) is 0 Å². The molecule has 0 aliphatic heterocycles. The van der Waals surface area contributed by atoms with Crippen LogP contribution in [0.25, 0.3) is 0 Å². The lowest BCUT2D eigenvalue weighted by Crippen LogP contribution is -2.24. The van der Waals surface area contributed by atoms with E-state index in [4.69, 9.17) is 0 Å². The monoisotopic (exact) mass is 548 g/mol. The first-order valence-corrected chi connectivity index (χ1v) is 18.1. The first-order valence-electron chi connectivity index (χ1n) is 18.1. The second-order valence-electron chi connectivity index (χ2n) is 12.5. The Balaban J connectivity index is 3.45. The minimum absolute atomic E-state index is 0.551. The maximum atomic E-state index is 11.5. The first kappa shape index (κ1) is 38.2. The number of carboxylic acid groups (broad SMARTS) is 1. The predicted molar refractivity (Wildman–Crippen MR) is 172 cm³/mol. The van der Waals surface area contributed by atoms with Crippen molar-refractivity contribution < 1.29 is 9.90 Å². The fraction of sp³-hybridized carbons (Fsp3) is 0.919. The standard InChI is InChI=1S/C37H72O2/c1-3-5-7-9-11-13-15-17-19-20-21-23-25-27-29-31-33-35-36(37(38)39)34-32-30-28-26-24-22-18-16-14-12-10-8-6-4-2/h35H,3-34H2,1-2H3,(H,38,39)/p-1/b36-35-. The molecule has 0 atom stereocenters. The molecule has 0 aromatic rings. The van der Waals surface area contributed by atoms with Gasteiger partial charge in [0.15, 0.2) is 0 Å². The summed E-state index contributed by atoms with van der Waals surface area (Å²) in [6.45, 7) is 4.57. The Hall–Kier alpha value is -0.790. The number of unbranched alkanes of at least 4 members (excludes halogenated alkanes) is 29. The average Bonchev–Trinajstić information content (AvgIpc) is 2.93. The summed E-state index contributed by atoms with van der Waals surface area (Å²) in [5.41, 5.74) is 0.551. The van der Waals surface area contributed by atoms with E-state index in [2.05, 4.69) is 13.8 Å². The summed E-state index contributed by atoms with van der Waals surface area (Å²) in [6.07, 6.45) is 44.2. The van der Waals surface area contributed by atoms with Crippen LogP contribution in [0.4, 0.5) is 0 Å². The molecule has 2 heteroatoms. The van der Waals surface area contributed by atoms with E-state index in [1.165, 1.54) is 173 Å². The summed E-state index contributed by atoms with van der Waals surface area (Å²) >= 11 is 0. The zero-order chi connectivity index (χ0) is 28.5. The Kier molecular flexibility index (Phi) is 32.7. The lowest BCUT2D eigenvalue weighted by Gasteiger charge is -2.09. The van der Waals surface area contributed by atoms with Crippen LogP contribution in [-0.2, 0) is 4.79 Å². The summed E-state index contributed by atoms with van der Waals surface area (Å²) in [5, 5.41) is 11.5. The van der Waals surface area contributed by atoms with Crippen molar-refractivity contribution in [3.05, 3.63) is 11.6 Å². The van der Waals surface area contributed by atoms with Gasteiger partial charge in [0.2, 0.25) is 0 Å². The number of hydrogen-bond acceptors (Lipinski definition) is 2. The van der Waals surface area contributed by atoms with E-state index in [1.54, 1.807) is 0 Å². The molecule has 0 spiro atoms. The van der Waals surface area contributed by atoms with Crippen molar-refractivity contribution >= 4 is 5.97 Å². The maximum absolute atomic E-state index is 11.5. The molecule has 0 radical (unpaired) electrons. The summed E-state index contributed by atoms with van der Waals surface area (Å²) in [4.78, 5) is 11.5. The first-order chi connectivity index (χ1) is 19.2. The van der Waals surface area contributed by atoms with Crippen molar-refractivity contribution in [3.8, 4) is 0 Å². The number of hydrogen-bond donors (Lipinski definition) is 0. The lowest BCUT2D eigenvalue weighted by atomic mass is 10.0. The minimum Gasteiger partial charge on any atom is -0.545 e. The van der Waals surface area contributed by atoms with Crippen LogP contribution in [0.15, 0.2) is 11.6 Å². The van der Waals surface area contributed by atoms with Gasteiger partial charge in [-0.15, -0.1) is 0 Å². The molecular formula is C37H71O2-. The fourth-order valence-corrected chi connectivity index (χ4v) is 5.77. The molecule has 0 N–H and O–H groups in total. The molecule has 0 saturated carbocycles. The van der Waals surface area contributed by atoms with E-state index in [1.807, 2.05) is 6.08 Å². The van der Waals surface area contributed by atoms with Crippen molar-refractivity contribution in [2.75, 3.05) is 0 Å². The van der Waals surface area contributed by atoms with Crippen molar-refractivity contribution in [2.24, 2.45) is 0 Å². The van der Waals surface area contributed by atoms with Gasteiger partial charge in [-0.3, -0.25) is 0 Å². The van der Waals surface area contributed by atoms with E-state index in [9.17, 15) is 9.90 Å². The lowest BCUT2D eigenvalue weighted by molar-refractivity contribution is -0.299. The van der Waals surface area contributed by atoms with Crippen molar-refractivity contribution in [3.63, 3.8) is 0 Å². The Morgan fingerprint density at radius 3 is 0.949 bits per heavy atom. The van der Waals surface area contributed by atoms with Crippen LogP contribution >= 0.6 is 0 Å². The molecule has 0 bridgehead atoms.